The highest BCUT2D eigenvalue weighted by Crippen LogP contribution is 2.28. The van der Waals surface area contributed by atoms with Crippen molar-refractivity contribution in [1.29, 1.82) is 0 Å². The van der Waals surface area contributed by atoms with E-state index in [2.05, 4.69) is 16.0 Å². The van der Waals surface area contributed by atoms with E-state index in [-0.39, 0.29) is 17.9 Å². The van der Waals surface area contributed by atoms with Crippen molar-refractivity contribution in [2.24, 2.45) is 0 Å². The van der Waals surface area contributed by atoms with Crippen LogP contribution in [-0.2, 0) is 22.7 Å². The normalized spacial score (nSPS) is 18.3. The molecular formula is C22H21ClN4O4. The molecule has 1 atom stereocenters. The number of aryl methyl sites for hydroxylation is 1. The maximum absolute atomic E-state index is 12.5. The number of imide groups is 2. The average Bonchev–Trinajstić information content (AvgIpc) is 3.13. The topological polar surface area (TPSA) is 108 Å². The summed E-state index contributed by atoms with van der Waals surface area (Å²) in [5, 5.41) is 7.90. The van der Waals surface area contributed by atoms with Gasteiger partial charge in [-0.1, -0.05) is 17.7 Å². The minimum atomic E-state index is -0.638. The molecule has 0 bridgehead atoms. The molecule has 160 valence electrons. The summed E-state index contributed by atoms with van der Waals surface area (Å²) in [6.45, 7) is 2.87. The zero-order chi connectivity index (χ0) is 22.1. The van der Waals surface area contributed by atoms with Crippen LogP contribution in [0, 0.1) is 6.92 Å². The number of halogens is 1. The van der Waals surface area contributed by atoms with Crippen LogP contribution in [0.4, 0.5) is 10.5 Å². The number of anilines is 1. The molecule has 5 amide bonds. The fourth-order valence-electron chi connectivity index (χ4n) is 3.91. The zero-order valence-electron chi connectivity index (χ0n) is 16.8. The van der Waals surface area contributed by atoms with Crippen molar-refractivity contribution < 1.29 is 19.2 Å². The maximum atomic E-state index is 12.5. The summed E-state index contributed by atoms with van der Waals surface area (Å²) in [5.74, 6) is -1.05. The van der Waals surface area contributed by atoms with Crippen molar-refractivity contribution in [3.63, 3.8) is 0 Å². The van der Waals surface area contributed by atoms with Gasteiger partial charge in [-0.05, 0) is 60.4 Å². The molecule has 1 saturated heterocycles. The van der Waals surface area contributed by atoms with Gasteiger partial charge in [0.2, 0.25) is 11.8 Å². The van der Waals surface area contributed by atoms with E-state index in [4.69, 9.17) is 11.6 Å². The van der Waals surface area contributed by atoms with Crippen molar-refractivity contribution in [1.82, 2.24) is 15.5 Å². The number of fused-ring (bicyclic) bond motifs is 1. The smallest absolute Gasteiger partial charge is 0.307 e. The van der Waals surface area contributed by atoms with Crippen molar-refractivity contribution in [3.05, 3.63) is 63.7 Å². The summed E-state index contributed by atoms with van der Waals surface area (Å²) >= 11 is 5.92. The number of hydrogen-bond donors (Lipinski definition) is 3. The van der Waals surface area contributed by atoms with E-state index in [0.717, 1.165) is 16.7 Å². The first-order valence-electron chi connectivity index (χ1n) is 9.88. The Bertz CT molecular complexity index is 1100. The van der Waals surface area contributed by atoms with Crippen LogP contribution in [-0.4, -0.2) is 34.7 Å². The number of urea groups is 1. The SMILES string of the molecule is Cc1cc(Cl)ccc1NC(=O)NC(=O)c1ccc2c(c1)CN(C1CCC(=O)NC1=O)C2. The molecule has 1 unspecified atom stereocenters. The third-order valence-corrected chi connectivity index (χ3v) is 5.77. The van der Waals surface area contributed by atoms with Crippen LogP contribution in [0.1, 0.15) is 39.9 Å². The van der Waals surface area contributed by atoms with E-state index in [1.807, 2.05) is 11.0 Å². The third kappa shape index (κ3) is 4.60. The first-order chi connectivity index (χ1) is 14.8. The second-order valence-corrected chi connectivity index (χ2v) is 8.16. The standard InChI is InChI=1S/C22H21ClN4O4/c1-12-8-16(23)4-5-17(12)24-22(31)26-20(29)13-2-3-14-10-27(11-15(14)9-13)18-6-7-19(28)25-21(18)30/h2-5,8-9,18H,6-7,10-11H2,1H3,(H,25,28,30)(H2,24,26,29,31). The Labute approximate surface area is 183 Å². The van der Waals surface area contributed by atoms with Crippen LogP contribution in [0.15, 0.2) is 36.4 Å². The second-order valence-electron chi connectivity index (χ2n) is 7.72. The molecule has 0 saturated carbocycles. The lowest BCUT2D eigenvalue weighted by molar-refractivity contribution is -0.137. The number of rotatable bonds is 3. The quantitative estimate of drug-likeness (QED) is 0.636. The van der Waals surface area contributed by atoms with Crippen LogP contribution in [0.25, 0.3) is 0 Å². The number of nitrogens with zero attached hydrogens (tertiary/aromatic N) is 1. The van der Waals surface area contributed by atoms with E-state index < -0.39 is 11.9 Å². The molecule has 2 aliphatic heterocycles. The Morgan fingerprint density at radius 3 is 2.61 bits per heavy atom. The van der Waals surface area contributed by atoms with Gasteiger partial charge in [-0.3, -0.25) is 29.9 Å². The molecule has 2 aromatic carbocycles. The van der Waals surface area contributed by atoms with Gasteiger partial charge >= 0.3 is 6.03 Å². The predicted octanol–water partition coefficient (Wildman–Crippen LogP) is 2.73. The molecule has 2 aliphatic rings. The van der Waals surface area contributed by atoms with Crippen LogP contribution in [0.3, 0.4) is 0 Å². The van der Waals surface area contributed by atoms with Crippen LogP contribution in [0.2, 0.25) is 5.02 Å². The highest BCUT2D eigenvalue weighted by atomic mass is 35.5. The van der Waals surface area contributed by atoms with Gasteiger partial charge in [0.15, 0.2) is 0 Å². The molecule has 0 radical (unpaired) electrons. The van der Waals surface area contributed by atoms with Gasteiger partial charge in [0.05, 0.1) is 6.04 Å². The van der Waals surface area contributed by atoms with E-state index in [0.29, 0.717) is 42.2 Å². The fourth-order valence-corrected chi connectivity index (χ4v) is 4.14. The zero-order valence-corrected chi connectivity index (χ0v) is 17.6. The Balaban J connectivity index is 1.39. The molecule has 3 N–H and O–H groups in total. The number of hydrogen-bond acceptors (Lipinski definition) is 5. The molecule has 8 nitrogen and oxygen atoms in total. The number of benzene rings is 2. The highest BCUT2D eigenvalue weighted by Gasteiger charge is 2.34. The summed E-state index contributed by atoms with van der Waals surface area (Å²) in [7, 11) is 0. The number of nitrogens with one attached hydrogen (secondary N) is 3. The average molecular weight is 441 g/mol. The Morgan fingerprint density at radius 1 is 1.10 bits per heavy atom. The number of carbonyl (C=O) groups is 4. The summed E-state index contributed by atoms with van der Waals surface area (Å²) in [5.41, 5.74) is 3.63. The van der Waals surface area contributed by atoms with Gasteiger partial charge in [0.25, 0.3) is 5.91 Å². The molecule has 0 aliphatic carbocycles. The van der Waals surface area contributed by atoms with Crippen molar-refractivity contribution in [2.75, 3.05) is 5.32 Å². The first-order valence-corrected chi connectivity index (χ1v) is 10.3. The van der Waals surface area contributed by atoms with Crippen LogP contribution in [0.5, 0.6) is 0 Å². The largest absolute Gasteiger partial charge is 0.326 e. The van der Waals surface area contributed by atoms with Gasteiger partial charge in [-0.25, -0.2) is 4.79 Å². The number of carbonyl (C=O) groups excluding carboxylic acids is 4. The van der Waals surface area contributed by atoms with Gasteiger partial charge in [0, 0.05) is 35.8 Å². The summed E-state index contributed by atoms with van der Waals surface area (Å²) in [6.07, 6.45) is 0.801. The van der Waals surface area contributed by atoms with E-state index in [1.54, 1.807) is 37.3 Å². The minimum Gasteiger partial charge on any atom is -0.307 e. The molecular weight excluding hydrogens is 420 g/mol. The molecule has 2 heterocycles. The molecule has 1 fully saturated rings. The predicted molar refractivity (Wildman–Crippen MR) is 115 cm³/mol. The van der Waals surface area contributed by atoms with E-state index in [1.165, 1.54) is 0 Å². The number of piperidine rings is 1. The first kappa shape index (κ1) is 21.0. The van der Waals surface area contributed by atoms with Crippen molar-refractivity contribution in [2.45, 2.75) is 38.9 Å². The Hall–Kier alpha value is -3.23. The minimum absolute atomic E-state index is 0.246. The molecule has 31 heavy (non-hydrogen) atoms. The molecule has 0 aromatic heterocycles. The lowest BCUT2D eigenvalue weighted by Crippen LogP contribution is -2.50. The lowest BCUT2D eigenvalue weighted by Gasteiger charge is -2.29. The highest BCUT2D eigenvalue weighted by molar-refractivity contribution is 6.30. The summed E-state index contributed by atoms with van der Waals surface area (Å²) in [6, 6.07) is 9.25. The summed E-state index contributed by atoms with van der Waals surface area (Å²) in [4.78, 5) is 50.3. The van der Waals surface area contributed by atoms with E-state index in [9.17, 15) is 19.2 Å². The third-order valence-electron chi connectivity index (χ3n) is 5.53. The Morgan fingerprint density at radius 2 is 1.87 bits per heavy atom. The van der Waals surface area contributed by atoms with Gasteiger partial charge in [-0.15, -0.1) is 0 Å². The molecule has 2 aromatic rings. The van der Waals surface area contributed by atoms with Crippen molar-refractivity contribution in [3.8, 4) is 0 Å². The van der Waals surface area contributed by atoms with Crippen LogP contribution >= 0.6 is 11.6 Å². The molecule has 4 rings (SSSR count). The van der Waals surface area contributed by atoms with Gasteiger partial charge in [-0.2, -0.15) is 0 Å². The van der Waals surface area contributed by atoms with Crippen molar-refractivity contribution >= 4 is 41.0 Å². The van der Waals surface area contributed by atoms with Gasteiger partial charge < -0.3 is 5.32 Å². The van der Waals surface area contributed by atoms with Crippen LogP contribution < -0.4 is 16.0 Å². The maximum Gasteiger partial charge on any atom is 0.326 e. The second kappa shape index (κ2) is 8.49. The number of amides is 5. The van der Waals surface area contributed by atoms with E-state index >= 15 is 0 Å². The Kier molecular flexibility index (Phi) is 5.75. The van der Waals surface area contributed by atoms with Gasteiger partial charge in [0.1, 0.15) is 0 Å². The summed E-state index contributed by atoms with van der Waals surface area (Å²) < 4.78 is 0. The fraction of sp³-hybridized carbons (Fsp3) is 0.273. The molecule has 0 spiro atoms. The monoisotopic (exact) mass is 440 g/mol. The molecule has 9 heteroatoms. The lowest BCUT2D eigenvalue weighted by atomic mass is 10.0.